The molecule has 2 aromatic carbocycles. The minimum absolute atomic E-state index is 0.0871. The van der Waals surface area contributed by atoms with E-state index in [0.29, 0.717) is 11.7 Å². The number of carbonyl (C=O) groups excluding carboxylic acids is 1. The number of rotatable bonds is 14. The normalized spacial score (nSPS) is 21.9. The number of hydrogen-bond donors (Lipinski definition) is 0. The Morgan fingerprint density at radius 3 is 1.84 bits per heavy atom. The molecule has 0 saturated heterocycles. The molecule has 0 aromatic heterocycles. The SMILES string of the molecule is CCCCCCCCCCCC[N+](C)(C)c1ccc(C=C2C(=O)C3(C)CCC2C3(C)C)cc1.Cc1ccc(S(=O)(=O)[O-])cc1. The van der Waals surface area contributed by atoms with E-state index >= 15 is 0 Å². The van der Waals surface area contributed by atoms with E-state index in [1.54, 1.807) is 12.1 Å². The van der Waals surface area contributed by atoms with Crippen LogP contribution in [0.15, 0.2) is 59.0 Å². The number of carbonyl (C=O) groups is 1. The summed E-state index contributed by atoms with van der Waals surface area (Å²) in [4.78, 5) is 13.0. The fraction of sp³-hybridized carbons (Fsp3) is 0.605. The highest BCUT2D eigenvalue weighted by molar-refractivity contribution is 7.85. The maximum absolute atomic E-state index is 13.1. The average molecular weight is 624 g/mol. The van der Waals surface area contributed by atoms with Gasteiger partial charge in [0.2, 0.25) is 0 Å². The molecular formula is C38H57NO4S. The fourth-order valence-corrected chi connectivity index (χ4v) is 7.55. The monoisotopic (exact) mass is 623 g/mol. The van der Waals surface area contributed by atoms with Crippen molar-refractivity contribution >= 4 is 27.7 Å². The first-order valence-corrected chi connectivity index (χ1v) is 18.3. The lowest BCUT2D eigenvalue weighted by molar-refractivity contribution is -0.125. The largest absolute Gasteiger partial charge is 0.744 e. The van der Waals surface area contributed by atoms with Crippen LogP contribution in [0.25, 0.3) is 6.08 Å². The summed E-state index contributed by atoms with van der Waals surface area (Å²) < 4.78 is 32.1. The van der Waals surface area contributed by atoms with E-state index in [-0.39, 0.29) is 15.7 Å². The van der Waals surface area contributed by atoms with Gasteiger partial charge in [-0.1, -0.05) is 96.8 Å². The van der Waals surface area contributed by atoms with Gasteiger partial charge >= 0.3 is 0 Å². The highest BCUT2D eigenvalue weighted by atomic mass is 32.2. The average Bonchev–Trinajstić information content (AvgIpc) is 3.28. The van der Waals surface area contributed by atoms with Crippen LogP contribution >= 0.6 is 0 Å². The Bertz CT molecular complexity index is 1360. The van der Waals surface area contributed by atoms with Crippen molar-refractivity contribution in [2.45, 2.75) is 117 Å². The molecule has 0 amide bonds. The zero-order valence-corrected chi connectivity index (χ0v) is 29.3. The van der Waals surface area contributed by atoms with Crippen LogP contribution in [0.2, 0.25) is 0 Å². The molecule has 244 valence electrons. The van der Waals surface area contributed by atoms with Crippen molar-refractivity contribution < 1.29 is 17.8 Å². The van der Waals surface area contributed by atoms with E-state index in [1.165, 1.54) is 94.1 Å². The van der Waals surface area contributed by atoms with Crippen LogP contribution in [-0.2, 0) is 14.9 Å². The summed E-state index contributed by atoms with van der Waals surface area (Å²) in [6, 6.07) is 14.8. The first-order chi connectivity index (χ1) is 20.6. The molecule has 4 rings (SSSR count). The summed E-state index contributed by atoms with van der Waals surface area (Å²) in [5.74, 6) is 0.808. The number of allylic oxidation sites excluding steroid dienone is 1. The van der Waals surface area contributed by atoms with Crippen molar-refractivity contribution in [1.82, 2.24) is 4.48 Å². The third kappa shape index (κ3) is 8.92. The summed E-state index contributed by atoms with van der Waals surface area (Å²) >= 11 is 0. The topological polar surface area (TPSA) is 74.3 Å². The molecule has 2 aliphatic rings. The van der Waals surface area contributed by atoms with E-state index in [4.69, 9.17) is 0 Å². The molecule has 2 bridgehead atoms. The number of Topliss-reactive ketones (excluding diaryl/α,β-unsaturated/α-hetero) is 1. The Morgan fingerprint density at radius 1 is 0.841 bits per heavy atom. The lowest BCUT2D eigenvalue weighted by atomic mass is 9.70. The Labute approximate surface area is 268 Å². The first kappa shape index (κ1) is 36.2. The third-order valence-electron chi connectivity index (χ3n) is 10.7. The minimum Gasteiger partial charge on any atom is -0.744 e. The second-order valence-electron chi connectivity index (χ2n) is 14.5. The van der Waals surface area contributed by atoms with Gasteiger partial charge in [0.25, 0.3) is 0 Å². The van der Waals surface area contributed by atoms with Gasteiger partial charge in [-0.25, -0.2) is 8.42 Å². The number of aryl methyl sites for hydroxylation is 1. The van der Waals surface area contributed by atoms with Crippen molar-refractivity contribution in [3.63, 3.8) is 0 Å². The molecular weight excluding hydrogens is 566 g/mol. The number of quaternary nitrogens is 1. The lowest BCUT2D eigenvalue weighted by Crippen LogP contribution is -2.41. The molecule has 0 heterocycles. The molecule has 5 nitrogen and oxygen atoms in total. The molecule has 0 radical (unpaired) electrons. The summed E-state index contributed by atoms with van der Waals surface area (Å²) in [6.07, 6.45) is 18.2. The first-order valence-electron chi connectivity index (χ1n) is 16.9. The van der Waals surface area contributed by atoms with E-state index in [0.717, 1.165) is 28.5 Å². The molecule has 2 aliphatic carbocycles. The van der Waals surface area contributed by atoms with Crippen LogP contribution in [0, 0.1) is 23.7 Å². The zero-order chi connectivity index (χ0) is 32.6. The van der Waals surface area contributed by atoms with Gasteiger partial charge in [-0.05, 0) is 97.6 Å². The van der Waals surface area contributed by atoms with Gasteiger partial charge in [0.05, 0.1) is 25.5 Å². The van der Waals surface area contributed by atoms with E-state index in [9.17, 15) is 17.8 Å². The Hall–Kier alpha value is -2.28. The van der Waals surface area contributed by atoms with Gasteiger partial charge < -0.3 is 4.55 Å². The second-order valence-corrected chi connectivity index (χ2v) is 15.9. The molecule has 0 N–H and O–H groups in total. The van der Waals surface area contributed by atoms with Crippen molar-refractivity contribution in [3.05, 3.63) is 65.2 Å². The minimum atomic E-state index is -4.27. The number of hydrogen-bond acceptors (Lipinski definition) is 4. The Morgan fingerprint density at radius 2 is 1.36 bits per heavy atom. The van der Waals surface area contributed by atoms with Crippen LogP contribution in [0.5, 0.6) is 0 Å². The molecule has 2 atom stereocenters. The van der Waals surface area contributed by atoms with Crippen molar-refractivity contribution in [1.29, 1.82) is 0 Å². The number of unbranched alkanes of at least 4 members (excludes halogenated alkanes) is 9. The van der Waals surface area contributed by atoms with Gasteiger partial charge in [-0.15, -0.1) is 0 Å². The van der Waals surface area contributed by atoms with Crippen LogP contribution in [0.3, 0.4) is 0 Å². The van der Waals surface area contributed by atoms with Crippen LogP contribution in [0.1, 0.15) is 116 Å². The van der Waals surface area contributed by atoms with Crippen molar-refractivity contribution in [2.75, 3.05) is 20.6 Å². The maximum Gasteiger partial charge on any atom is 0.165 e. The molecule has 6 heteroatoms. The number of fused-ring (bicyclic) bond motifs is 2. The maximum atomic E-state index is 13.1. The van der Waals surface area contributed by atoms with Gasteiger partial charge in [-0.2, -0.15) is 0 Å². The highest BCUT2D eigenvalue weighted by Gasteiger charge is 2.63. The van der Waals surface area contributed by atoms with Gasteiger partial charge in [-0.3, -0.25) is 9.28 Å². The third-order valence-corrected chi connectivity index (χ3v) is 11.5. The van der Waals surface area contributed by atoms with Crippen molar-refractivity contribution in [3.8, 4) is 0 Å². The van der Waals surface area contributed by atoms with Gasteiger partial charge in [0.15, 0.2) is 5.78 Å². The fourth-order valence-electron chi connectivity index (χ4n) is 7.08. The Balaban J connectivity index is 0.000000404. The van der Waals surface area contributed by atoms with Crippen molar-refractivity contribution in [2.24, 2.45) is 16.7 Å². The Kier molecular flexibility index (Phi) is 12.6. The lowest BCUT2D eigenvalue weighted by Gasteiger charge is -2.31. The number of benzene rings is 2. The standard InChI is InChI=1S/C31H50NO.C7H8O3S/c1-7-8-9-10-11-12-13-14-15-16-23-32(5,6)26-19-17-25(18-20-26)24-27-28-21-22-31(4,29(27)33)30(28,2)3;1-6-2-4-7(5-3-6)11(8,9)10/h17-20,24,28H,7-16,21-23H2,1-6H3;2-5H,1H3,(H,8,9,10)/q+1;/p-1. The predicted octanol–water partition coefficient (Wildman–Crippen LogP) is 9.48. The van der Waals surface area contributed by atoms with Crippen LogP contribution in [0.4, 0.5) is 5.69 Å². The quantitative estimate of drug-likeness (QED) is 0.0909. The summed E-state index contributed by atoms with van der Waals surface area (Å²) in [5, 5.41) is 0. The van der Waals surface area contributed by atoms with Gasteiger partial charge in [0.1, 0.15) is 15.8 Å². The molecule has 0 aliphatic heterocycles. The summed E-state index contributed by atoms with van der Waals surface area (Å²) in [6.45, 7) is 12.1. The summed E-state index contributed by atoms with van der Waals surface area (Å²) in [7, 11) is 0.377. The van der Waals surface area contributed by atoms with Crippen LogP contribution < -0.4 is 4.48 Å². The van der Waals surface area contributed by atoms with Gasteiger partial charge in [0, 0.05) is 5.41 Å². The van der Waals surface area contributed by atoms with Crippen LogP contribution in [-0.4, -0.2) is 39.4 Å². The molecule has 44 heavy (non-hydrogen) atoms. The summed E-state index contributed by atoms with van der Waals surface area (Å²) in [5.41, 5.74) is 4.45. The number of ketones is 1. The predicted molar refractivity (Wildman–Crippen MR) is 184 cm³/mol. The van der Waals surface area contributed by atoms with E-state index in [2.05, 4.69) is 72.1 Å². The number of nitrogens with zero attached hydrogens (tertiary/aromatic N) is 1. The van der Waals surface area contributed by atoms with E-state index < -0.39 is 10.1 Å². The molecule has 2 saturated carbocycles. The molecule has 2 unspecified atom stereocenters. The smallest absolute Gasteiger partial charge is 0.165 e. The molecule has 0 spiro atoms. The second kappa shape index (κ2) is 15.3. The van der Waals surface area contributed by atoms with E-state index in [1.807, 2.05) is 6.92 Å². The zero-order valence-electron chi connectivity index (χ0n) is 28.5. The highest BCUT2D eigenvalue weighted by Crippen LogP contribution is 2.65. The molecule has 2 fully saturated rings. The molecule has 2 aromatic rings.